The van der Waals surface area contributed by atoms with Crippen LogP contribution in [0.1, 0.15) is 16.2 Å². The molecule has 0 fully saturated rings. The molecule has 0 aromatic carbocycles. The molecule has 2 heterocycles. The summed E-state index contributed by atoms with van der Waals surface area (Å²) in [4.78, 5) is 14.6. The maximum Gasteiger partial charge on any atom is 0.371 e. The van der Waals surface area contributed by atoms with Gasteiger partial charge < -0.3 is 9.52 Å². The fourth-order valence-corrected chi connectivity index (χ4v) is 3.65. The molecule has 2 rings (SSSR count). The average Bonchev–Trinajstić information content (AvgIpc) is 2.83. The predicted octanol–water partition coefficient (Wildman–Crippen LogP) is 1.96. The summed E-state index contributed by atoms with van der Waals surface area (Å²) in [6, 6.07) is 6.14. The van der Waals surface area contributed by atoms with Gasteiger partial charge in [-0.2, -0.15) is 4.31 Å². The van der Waals surface area contributed by atoms with E-state index in [1.807, 2.05) is 0 Å². The first-order valence-electron chi connectivity index (χ1n) is 5.71. The third kappa shape index (κ3) is 3.31. The number of hydrogen-bond donors (Lipinski definition) is 1. The summed E-state index contributed by atoms with van der Waals surface area (Å²) in [7, 11) is -2.51. The number of halogens is 1. The molecule has 7 nitrogen and oxygen atoms in total. The summed E-state index contributed by atoms with van der Waals surface area (Å²) in [6.45, 7) is 0.0587. The van der Waals surface area contributed by atoms with Crippen molar-refractivity contribution in [3.63, 3.8) is 0 Å². The highest BCUT2D eigenvalue weighted by Gasteiger charge is 2.28. The number of carboxylic acid groups (broad SMARTS) is 1. The van der Waals surface area contributed by atoms with Crippen LogP contribution in [0.2, 0.25) is 0 Å². The maximum atomic E-state index is 12.4. The van der Waals surface area contributed by atoms with Crippen LogP contribution in [0.15, 0.2) is 44.4 Å². The Balaban J connectivity index is 2.31. The minimum atomic E-state index is -3.89. The summed E-state index contributed by atoms with van der Waals surface area (Å²) in [5.41, 5.74) is 0.571. The molecule has 0 atom stereocenters. The summed E-state index contributed by atoms with van der Waals surface area (Å²) >= 11 is 2.92. The topological polar surface area (TPSA) is 101 Å². The standard InChI is InChI=1S/C12H11BrN2O5S/c1-15(7-8-4-2-3-5-14-8)21(18,19)10-6-9(12(16)17)20-11(10)13/h2-6H,7H2,1H3,(H,16,17). The lowest BCUT2D eigenvalue weighted by Crippen LogP contribution is -2.26. The van der Waals surface area contributed by atoms with E-state index in [1.165, 1.54) is 7.05 Å². The molecule has 0 radical (unpaired) electrons. The first-order chi connectivity index (χ1) is 9.82. The van der Waals surface area contributed by atoms with Crippen LogP contribution < -0.4 is 0 Å². The molecule has 9 heteroatoms. The Hall–Kier alpha value is -1.71. The quantitative estimate of drug-likeness (QED) is 0.858. The second-order valence-electron chi connectivity index (χ2n) is 4.14. The van der Waals surface area contributed by atoms with Gasteiger partial charge in [0.15, 0.2) is 4.67 Å². The molecule has 0 spiro atoms. The number of sulfonamides is 1. The zero-order chi connectivity index (χ0) is 15.6. The van der Waals surface area contributed by atoms with Gasteiger partial charge >= 0.3 is 5.97 Å². The highest BCUT2D eigenvalue weighted by atomic mass is 79.9. The highest BCUT2D eigenvalue weighted by molar-refractivity contribution is 9.10. The molecule has 21 heavy (non-hydrogen) atoms. The lowest BCUT2D eigenvalue weighted by atomic mass is 10.3. The Labute approximate surface area is 129 Å². The first kappa shape index (κ1) is 15.7. The van der Waals surface area contributed by atoms with Crippen molar-refractivity contribution in [2.24, 2.45) is 0 Å². The van der Waals surface area contributed by atoms with Crippen LogP contribution in [-0.2, 0) is 16.6 Å². The minimum absolute atomic E-state index is 0.0587. The van der Waals surface area contributed by atoms with Crippen molar-refractivity contribution in [1.82, 2.24) is 9.29 Å². The van der Waals surface area contributed by atoms with E-state index in [0.717, 1.165) is 10.4 Å². The van der Waals surface area contributed by atoms with E-state index in [0.29, 0.717) is 5.69 Å². The third-order valence-electron chi connectivity index (χ3n) is 2.67. The van der Waals surface area contributed by atoms with Gasteiger partial charge in [0.2, 0.25) is 15.8 Å². The van der Waals surface area contributed by atoms with E-state index in [4.69, 9.17) is 9.52 Å². The summed E-state index contributed by atoms with van der Waals surface area (Å²) in [5, 5.41) is 8.83. The smallest absolute Gasteiger partial charge is 0.371 e. The van der Waals surface area contributed by atoms with Gasteiger partial charge in [-0.3, -0.25) is 4.98 Å². The van der Waals surface area contributed by atoms with E-state index in [9.17, 15) is 13.2 Å². The van der Waals surface area contributed by atoms with Crippen LogP contribution in [0.5, 0.6) is 0 Å². The second kappa shape index (κ2) is 5.96. The minimum Gasteiger partial charge on any atom is -0.475 e. The molecule has 0 saturated carbocycles. The van der Waals surface area contributed by atoms with Gasteiger partial charge in [-0.1, -0.05) is 6.07 Å². The molecule has 0 unspecified atom stereocenters. The largest absolute Gasteiger partial charge is 0.475 e. The van der Waals surface area contributed by atoms with Crippen molar-refractivity contribution in [3.05, 3.63) is 46.6 Å². The number of aromatic carboxylic acids is 1. The maximum absolute atomic E-state index is 12.4. The number of hydrogen-bond acceptors (Lipinski definition) is 5. The molecular formula is C12H11BrN2O5S. The third-order valence-corrected chi connectivity index (χ3v) is 5.33. The molecule has 112 valence electrons. The van der Waals surface area contributed by atoms with E-state index in [-0.39, 0.29) is 16.1 Å². The van der Waals surface area contributed by atoms with Crippen LogP contribution in [0.25, 0.3) is 0 Å². The number of furan rings is 1. The van der Waals surface area contributed by atoms with Gasteiger partial charge in [0.1, 0.15) is 4.90 Å². The van der Waals surface area contributed by atoms with Gasteiger partial charge in [-0.05, 0) is 28.1 Å². The van der Waals surface area contributed by atoms with Gasteiger partial charge in [0.25, 0.3) is 0 Å². The fraction of sp³-hybridized carbons (Fsp3) is 0.167. The Kier molecular flexibility index (Phi) is 4.45. The Morgan fingerprint density at radius 3 is 2.71 bits per heavy atom. The molecule has 0 aliphatic heterocycles. The molecule has 2 aromatic heterocycles. The van der Waals surface area contributed by atoms with Gasteiger partial charge in [0, 0.05) is 19.3 Å². The number of aromatic nitrogens is 1. The SMILES string of the molecule is CN(Cc1ccccn1)S(=O)(=O)c1cc(C(=O)O)oc1Br. The molecule has 0 aliphatic carbocycles. The molecular weight excluding hydrogens is 364 g/mol. The van der Waals surface area contributed by atoms with Crippen LogP contribution >= 0.6 is 15.9 Å². The number of nitrogens with zero attached hydrogens (tertiary/aromatic N) is 2. The monoisotopic (exact) mass is 374 g/mol. The van der Waals surface area contributed by atoms with Crippen molar-refractivity contribution in [2.45, 2.75) is 11.4 Å². The fourth-order valence-electron chi connectivity index (χ4n) is 1.61. The van der Waals surface area contributed by atoms with Gasteiger partial charge in [-0.25, -0.2) is 13.2 Å². The van der Waals surface area contributed by atoms with E-state index in [2.05, 4.69) is 20.9 Å². The Bertz CT molecular complexity index is 757. The number of rotatable bonds is 5. The normalized spacial score (nSPS) is 11.8. The van der Waals surface area contributed by atoms with E-state index < -0.39 is 21.8 Å². The Morgan fingerprint density at radius 2 is 2.19 bits per heavy atom. The van der Waals surface area contributed by atoms with Crippen molar-refractivity contribution in [3.8, 4) is 0 Å². The predicted molar refractivity (Wildman–Crippen MR) is 76.3 cm³/mol. The summed E-state index contributed by atoms with van der Waals surface area (Å²) in [6.07, 6.45) is 1.56. The zero-order valence-electron chi connectivity index (χ0n) is 10.9. The van der Waals surface area contributed by atoms with Crippen molar-refractivity contribution >= 4 is 31.9 Å². The lowest BCUT2D eigenvalue weighted by molar-refractivity contribution is 0.0661. The second-order valence-corrected chi connectivity index (χ2v) is 6.87. The molecule has 1 N–H and O–H groups in total. The molecule has 0 saturated heterocycles. The van der Waals surface area contributed by atoms with Crippen LogP contribution in [0.4, 0.5) is 0 Å². The molecule has 0 bridgehead atoms. The van der Waals surface area contributed by atoms with Gasteiger partial charge in [-0.15, -0.1) is 0 Å². The average molecular weight is 375 g/mol. The lowest BCUT2D eigenvalue weighted by Gasteiger charge is -2.15. The van der Waals surface area contributed by atoms with E-state index in [1.54, 1.807) is 24.4 Å². The molecule has 2 aromatic rings. The van der Waals surface area contributed by atoms with Crippen LogP contribution in [0.3, 0.4) is 0 Å². The molecule has 0 amide bonds. The number of carboxylic acids is 1. The van der Waals surface area contributed by atoms with Crippen molar-refractivity contribution < 1.29 is 22.7 Å². The van der Waals surface area contributed by atoms with Crippen molar-refractivity contribution in [1.29, 1.82) is 0 Å². The van der Waals surface area contributed by atoms with Gasteiger partial charge in [0.05, 0.1) is 12.2 Å². The highest BCUT2D eigenvalue weighted by Crippen LogP contribution is 2.28. The summed E-state index contributed by atoms with van der Waals surface area (Å²) < 4.78 is 30.6. The van der Waals surface area contributed by atoms with Crippen LogP contribution in [-0.4, -0.2) is 35.8 Å². The first-order valence-corrected chi connectivity index (χ1v) is 7.94. The number of carbonyl (C=O) groups is 1. The van der Waals surface area contributed by atoms with E-state index >= 15 is 0 Å². The molecule has 0 aliphatic rings. The van der Waals surface area contributed by atoms with Crippen LogP contribution in [0, 0.1) is 0 Å². The zero-order valence-corrected chi connectivity index (χ0v) is 13.3. The number of pyridine rings is 1. The Morgan fingerprint density at radius 1 is 1.48 bits per heavy atom. The summed E-state index contributed by atoms with van der Waals surface area (Å²) in [5.74, 6) is -1.80. The van der Waals surface area contributed by atoms with Crippen molar-refractivity contribution in [2.75, 3.05) is 7.05 Å².